The third kappa shape index (κ3) is 2.67. The molecule has 94 valence electrons. The molecule has 0 saturated heterocycles. The normalized spacial score (nSPS) is 16.6. The standard InChI is InChI=1S/C10H14N2O3S2/c1-6-9(17(11,14)15)5-8(16-6)10(13)12-7-3-2-4-7/h5,7H,2-4H2,1H3,(H,12,13)(H2,11,14,15). The molecule has 1 aromatic rings. The van der Waals surface area contributed by atoms with Crippen molar-refractivity contribution in [2.45, 2.75) is 37.1 Å². The van der Waals surface area contributed by atoms with Gasteiger partial charge in [-0.25, -0.2) is 13.6 Å². The lowest BCUT2D eigenvalue weighted by Crippen LogP contribution is -2.39. The quantitative estimate of drug-likeness (QED) is 0.861. The summed E-state index contributed by atoms with van der Waals surface area (Å²) in [7, 11) is -3.74. The topological polar surface area (TPSA) is 89.3 Å². The minimum atomic E-state index is -3.74. The first-order valence-electron chi connectivity index (χ1n) is 5.32. The van der Waals surface area contributed by atoms with Crippen LogP contribution in [-0.4, -0.2) is 20.4 Å². The Balaban J connectivity index is 2.19. The van der Waals surface area contributed by atoms with Crippen molar-refractivity contribution in [2.75, 3.05) is 0 Å². The lowest BCUT2D eigenvalue weighted by Gasteiger charge is -2.25. The van der Waals surface area contributed by atoms with Gasteiger partial charge in [0.15, 0.2) is 0 Å². The third-order valence-corrected chi connectivity index (χ3v) is 5.06. The second kappa shape index (κ2) is 4.40. The number of amides is 1. The molecule has 0 atom stereocenters. The number of rotatable bonds is 3. The molecule has 1 aliphatic carbocycles. The van der Waals surface area contributed by atoms with E-state index in [1.54, 1.807) is 6.92 Å². The van der Waals surface area contributed by atoms with E-state index in [1.807, 2.05) is 0 Å². The Morgan fingerprint density at radius 1 is 1.53 bits per heavy atom. The van der Waals surface area contributed by atoms with Gasteiger partial charge < -0.3 is 5.32 Å². The van der Waals surface area contributed by atoms with E-state index in [0.717, 1.165) is 30.6 Å². The fraction of sp³-hybridized carbons (Fsp3) is 0.500. The second-order valence-electron chi connectivity index (χ2n) is 4.18. The molecule has 1 aromatic heterocycles. The highest BCUT2D eigenvalue weighted by molar-refractivity contribution is 7.89. The largest absolute Gasteiger partial charge is 0.349 e. The number of primary sulfonamides is 1. The van der Waals surface area contributed by atoms with Gasteiger partial charge in [0.2, 0.25) is 10.0 Å². The summed E-state index contributed by atoms with van der Waals surface area (Å²) in [4.78, 5) is 12.8. The summed E-state index contributed by atoms with van der Waals surface area (Å²) in [6.45, 7) is 1.64. The van der Waals surface area contributed by atoms with Gasteiger partial charge in [0.05, 0.1) is 9.77 Å². The zero-order chi connectivity index (χ0) is 12.6. The van der Waals surface area contributed by atoms with E-state index in [0.29, 0.717) is 9.75 Å². The molecule has 0 bridgehead atoms. The van der Waals surface area contributed by atoms with Crippen LogP contribution >= 0.6 is 11.3 Å². The first-order valence-corrected chi connectivity index (χ1v) is 7.68. The molecule has 5 nitrogen and oxygen atoms in total. The Hall–Kier alpha value is -0.920. The van der Waals surface area contributed by atoms with Gasteiger partial charge in [-0.2, -0.15) is 0 Å². The van der Waals surface area contributed by atoms with Crippen LogP contribution in [0.25, 0.3) is 0 Å². The number of nitrogens with two attached hydrogens (primary N) is 1. The summed E-state index contributed by atoms with van der Waals surface area (Å²) in [5.74, 6) is -0.210. The Kier molecular flexibility index (Phi) is 3.24. The van der Waals surface area contributed by atoms with Gasteiger partial charge in [-0.05, 0) is 32.3 Å². The first-order chi connectivity index (χ1) is 7.88. The van der Waals surface area contributed by atoms with Crippen LogP contribution < -0.4 is 10.5 Å². The maximum absolute atomic E-state index is 11.8. The van der Waals surface area contributed by atoms with Crippen molar-refractivity contribution >= 4 is 27.3 Å². The number of carbonyl (C=O) groups excluding carboxylic acids is 1. The van der Waals surface area contributed by atoms with Crippen LogP contribution in [0.5, 0.6) is 0 Å². The monoisotopic (exact) mass is 274 g/mol. The number of hydrogen-bond donors (Lipinski definition) is 2. The first kappa shape index (κ1) is 12.5. The lowest BCUT2D eigenvalue weighted by atomic mass is 9.93. The number of nitrogens with one attached hydrogen (secondary N) is 1. The number of sulfonamides is 1. The van der Waals surface area contributed by atoms with Gasteiger partial charge in [-0.3, -0.25) is 4.79 Å². The Morgan fingerprint density at radius 2 is 2.18 bits per heavy atom. The summed E-state index contributed by atoms with van der Waals surface area (Å²) in [6.07, 6.45) is 3.13. The molecule has 0 unspecified atom stereocenters. The molecule has 2 rings (SSSR count). The molecular formula is C10H14N2O3S2. The number of carbonyl (C=O) groups is 1. The Morgan fingerprint density at radius 3 is 2.59 bits per heavy atom. The molecule has 1 fully saturated rings. The highest BCUT2D eigenvalue weighted by Gasteiger charge is 2.23. The molecule has 1 aliphatic rings. The van der Waals surface area contributed by atoms with E-state index in [4.69, 9.17) is 5.14 Å². The van der Waals surface area contributed by atoms with Crippen molar-refractivity contribution in [3.8, 4) is 0 Å². The van der Waals surface area contributed by atoms with Gasteiger partial charge >= 0.3 is 0 Å². The summed E-state index contributed by atoms with van der Waals surface area (Å²) < 4.78 is 22.5. The third-order valence-electron chi connectivity index (χ3n) is 2.84. The zero-order valence-electron chi connectivity index (χ0n) is 9.39. The molecule has 0 aliphatic heterocycles. The fourth-order valence-electron chi connectivity index (χ4n) is 1.67. The van der Waals surface area contributed by atoms with Crippen LogP contribution in [0.2, 0.25) is 0 Å². The van der Waals surface area contributed by atoms with E-state index < -0.39 is 10.0 Å². The fourth-order valence-corrected chi connectivity index (χ4v) is 3.72. The van der Waals surface area contributed by atoms with Crippen LogP contribution in [-0.2, 0) is 10.0 Å². The molecule has 1 heterocycles. The van der Waals surface area contributed by atoms with E-state index in [1.165, 1.54) is 6.07 Å². The van der Waals surface area contributed by atoms with E-state index in [-0.39, 0.29) is 16.8 Å². The molecule has 1 amide bonds. The second-order valence-corrected chi connectivity index (χ2v) is 6.96. The number of hydrogen-bond acceptors (Lipinski definition) is 4. The van der Waals surface area contributed by atoms with Crippen molar-refractivity contribution in [2.24, 2.45) is 5.14 Å². The van der Waals surface area contributed by atoms with Crippen molar-refractivity contribution in [3.63, 3.8) is 0 Å². The number of aryl methyl sites for hydroxylation is 1. The van der Waals surface area contributed by atoms with E-state index in [2.05, 4.69) is 5.32 Å². The minimum Gasteiger partial charge on any atom is -0.349 e. The van der Waals surface area contributed by atoms with Gasteiger partial charge in [0.1, 0.15) is 0 Å². The van der Waals surface area contributed by atoms with Crippen LogP contribution in [0, 0.1) is 6.92 Å². The maximum atomic E-state index is 11.8. The molecule has 0 aromatic carbocycles. The van der Waals surface area contributed by atoms with E-state index in [9.17, 15) is 13.2 Å². The molecular weight excluding hydrogens is 260 g/mol. The van der Waals surface area contributed by atoms with Crippen LogP contribution in [0.4, 0.5) is 0 Å². The number of thiophene rings is 1. The maximum Gasteiger partial charge on any atom is 0.261 e. The Bertz CT molecular complexity index is 544. The molecule has 0 radical (unpaired) electrons. The molecule has 3 N–H and O–H groups in total. The van der Waals surface area contributed by atoms with Gasteiger partial charge in [0.25, 0.3) is 5.91 Å². The van der Waals surface area contributed by atoms with Gasteiger partial charge in [-0.1, -0.05) is 0 Å². The lowest BCUT2D eigenvalue weighted by molar-refractivity contribution is 0.0921. The SMILES string of the molecule is Cc1sc(C(=O)NC2CCC2)cc1S(N)(=O)=O. The summed E-state index contributed by atoms with van der Waals surface area (Å²) in [5.41, 5.74) is 0. The zero-order valence-corrected chi connectivity index (χ0v) is 11.0. The van der Waals surface area contributed by atoms with Crippen LogP contribution in [0.15, 0.2) is 11.0 Å². The smallest absolute Gasteiger partial charge is 0.261 e. The van der Waals surface area contributed by atoms with Gasteiger partial charge in [-0.15, -0.1) is 11.3 Å². The average Bonchev–Trinajstić information content (AvgIpc) is 2.53. The predicted molar refractivity (Wildman–Crippen MR) is 65.5 cm³/mol. The summed E-state index contributed by atoms with van der Waals surface area (Å²) >= 11 is 1.15. The Labute approximate surface area is 104 Å². The van der Waals surface area contributed by atoms with Crippen molar-refractivity contribution in [1.82, 2.24) is 5.32 Å². The van der Waals surface area contributed by atoms with Crippen LogP contribution in [0.3, 0.4) is 0 Å². The van der Waals surface area contributed by atoms with E-state index >= 15 is 0 Å². The van der Waals surface area contributed by atoms with Crippen molar-refractivity contribution in [3.05, 3.63) is 15.8 Å². The molecule has 17 heavy (non-hydrogen) atoms. The minimum absolute atomic E-state index is 0.0428. The molecule has 7 heteroatoms. The molecule has 1 saturated carbocycles. The molecule has 0 spiro atoms. The average molecular weight is 274 g/mol. The predicted octanol–water partition coefficient (Wildman–Crippen LogP) is 0.986. The van der Waals surface area contributed by atoms with Crippen LogP contribution in [0.1, 0.15) is 33.8 Å². The van der Waals surface area contributed by atoms with Crippen molar-refractivity contribution in [1.29, 1.82) is 0 Å². The summed E-state index contributed by atoms with van der Waals surface area (Å²) in [6, 6.07) is 1.59. The highest BCUT2D eigenvalue weighted by Crippen LogP contribution is 2.26. The van der Waals surface area contributed by atoms with Gasteiger partial charge in [0, 0.05) is 10.9 Å². The summed E-state index contributed by atoms with van der Waals surface area (Å²) in [5, 5.41) is 7.92. The highest BCUT2D eigenvalue weighted by atomic mass is 32.2. The van der Waals surface area contributed by atoms with Crippen molar-refractivity contribution < 1.29 is 13.2 Å².